The maximum Gasteiger partial charge on any atom is 0.330 e. The number of aliphatic carboxylic acids is 1. The second-order valence-corrected chi connectivity index (χ2v) is 32.2. The highest BCUT2D eigenvalue weighted by atomic mass is 35.5. The Morgan fingerprint density at radius 3 is 1.86 bits per heavy atom. The molecule has 11 bridgehead atoms. The number of amides is 6. The van der Waals surface area contributed by atoms with E-state index in [1.54, 1.807) is 25.1 Å². The van der Waals surface area contributed by atoms with Gasteiger partial charge in [-0.1, -0.05) is 83.9 Å². The van der Waals surface area contributed by atoms with Gasteiger partial charge in [0.25, 0.3) is 5.91 Å². The molecule has 26 atom stereocenters. The highest BCUT2D eigenvalue weighted by Gasteiger charge is 2.52. The number of rotatable bonds is 18. The SMILES string of the molecule is COC1C(N)CC(O[C@@H]2c3ccc(c(Cl)c3)Oc3cc4cc(c3O[C@@H]3OC(CO)[C@@H](O)C(O)C3OC3CC(N)C(O)[C@H](C)O3)Oc3ccc(cc3)[C@@H](O)[C@@H](NC(=O)C(=O)c3ccc(O)c(Cl)c3)C(=O)N[C@@H](Cc3ccccc3)C(=O)N[C@@H]4C(=O)N[C@@H]3C(=O)N[C@@H]2C(=O)N[C@H](C(=O)O)c2cc(O)cc(O[C@@H]4OC(CO)[C@@H](O)C(O)C4O)c2-c2cc3ccc2CO)O[C@H]1C. The number of halogens is 2. The van der Waals surface area contributed by atoms with Crippen LogP contribution in [0.5, 0.6) is 46.0 Å². The number of benzene rings is 7. The average Bonchev–Trinajstić information content (AvgIpc) is 0.756. The maximum absolute atomic E-state index is 16.9. The number of nitrogens with one attached hydrogen (secondary N) is 6. The first-order chi connectivity index (χ1) is 60.6. The molecule has 0 aliphatic carbocycles. The number of aliphatic hydroxyl groups is 10. The number of Topliss-reactive ketones (excluding diaryl/α,β-unsaturated/α-hetero) is 1. The fourth-order valence-corrected chi connectivity index (χ4v) is 16.5. The summed E-state index contributed by atoms with van der Waals surface area (Å²) >= 11 is 13.6. The third kappa shape index (κ3) is 19.6. The van der Waals surface area contributed by atoms with Gasteiger partial charge in [0.2, 0.25) is 53.6 Å². The van der Waals surface area contributed by atoms with Crippen molar-refractivity contribution in [2.45, 2.75) is 199 Å². The molecule has 42 heteroatoms. The zero-order chi connectivity index (χ0) is 91.0. The molecule has 9 aliphatic rings. The molecule has 0 saturated carbocycles. The minimum atomic E-state index is -2.41. The third-order valence-corrected chi connectivity index (χ3v) is 23.5. The van der Waals surface area contributed by atoms with E-state index in [4.69, 9.17) is 86.8 Å². The molecule has 40 nitrogen and oxygen atoms in total. The molecule has 0 spiro atoms. The first-order valence-corrected chi connectivity index (χ1v) is 40.8. The largest absolute Gasteiger partial charge is 0.508 e. The number of fused-ring (bicyclic) bond motifs is 15. The molecule has 12 unspecified atom stereocenters. The number of hydrogen-bond acceptors (Lipinski definition) is 33. The Balaban J connectivity index is 1.01. The van der Waals surface area contributed by atoms with E-state index in [1.165, 1.54) is 80.8 Å². The van der Waals surface area contributed by atoms with Crippen molar-refractivity contribution in [1.82, 2.24) is 31.9 Å². The second kappa shape index (κ2) is 39.0. The second-order valence-electron chi connectivity index (χ2n) is 31.4. The van der Waals surface area contributed by atoms with Crippen LogP contribution in [-0.4, -0.2) is 263 Å². The van der Waals surface area contributed by atoms with Crippen LogP contribution >= 0.6 is 23.2 Å². The number of hydrogen-bond donors (Lipinski definition) is 21. The first kappa shape index (κ1) is 92.3. The number of carbonyl (C=O) groups is 8. The molecule has 0 aromatic heterocycles. The lowest BCUT2D eigenvalue weighted by Crippen LogP contribution is -2.62. The number of methoxy groups -OCH3 is 1. The van der Waals surface area contributed by atoms with E-state index in [-0.39, 0.29) is 62.7 Å². The molecular formula is C85H92Cl2N8O32. The number of carbonyl (C=O) groups excluding carboxylic acids is 7. The summed E-state index contributed by atoms with van der Waals surface area (Å²) in [6.07, 6.45) is -31.6. The highest BCUT2D eigenvalue weighted by Crippen LogP contribution is 2.50. The van der Waals surface area contributed by atoms with Gasteiger partial charge in [-0.15, -0.1) is 0 Å². The van der Waals surface area contributed by atoms with Crippen molar-refractivity contribution in [3.05, 3.63) is 188 Å². The molecule has 7 aromatic carbocycles. The standard InChI is InChI=1S/C85H92Cl2N8O32/c1-32-65(101)47(88)27-57(118-32)126-76-71(107)69(105)56(31-98)124-85(76)127-75-53-23-40-24-54(75)121-51-18-14-38(22-46(51)87)74(125-58-28-48(89)73(117-3)33(2)119-58)64-81(113)93-62(83(115)116)44-25-41(99)26-52(122-84-72(108)70(106)68(104)55(30-97)123-84)59(44)43-20-36(9-10-39(43)29-96)60(78(110)95-64)92-79(111)61(40)91-77(109)49(19-34-7-5-4-6-8-34)90-80(112)63(66(102)35-11-15-42(120-53)16-12-35)94-82(114)67(103)37-13-17-50(100)45(86)21-37/h4-18,20-26,32-33,47-49,55-58,60-66,68-74,76,84-85,96-102,104-108H,19,27-31,88-89H2,1-3H3,(H,90,112)(H,91,109)(H,92,111)(H,93,113)(H,94,114)(H,95,110)(H,115,116)/t32-,33-,47?,48?,49-,55?,56?,57?,58?,60-,61-,62-,63+,64-,65?,66+,68+,69+,70?,71?,72?,73?,74+,76?,84+,85-/m0/s1. The van der Waals surface area contributed by atoms with E-state index in [2.05, 4.69) is 31.9 Å². The quantitative estimate of drug-likeness (QED) is 0.0391. The number of carboxylic acids is 1. The zero-order valence-corrected chi connectivity index (χ0v) is 68.9. The summed E-state index contributed by atoms with van der Waals surface area (Å²) in [5, 5.41) is 161. The van der Waals surface area contributed by atoms with Gasteiger partial charge in [0.05, 0.1) is 54.3 Å². The van der Waals surface area contributed by atoms with Gasteiger partial charge in [-0.25, -0.2) is 4.79 Å². The lowest BCUT2D eigenvalue weighted by Gasteiger charge is -2.44. The predicted octanol–water partition coefficient (Wildman–Crippen LogP) is -0.201. The summed E-state index contributed by atoms with van der Waals surface area (Å²) in [5.41, 5.74) is 10.3. The number of ketones is 1. The van der Waals surface area contributed by atoms with Crippen LogP contribution in [-0.2, 0) is 79.7 Å². The van der Waals surface area contributed by atoms with E-state index < -0.39 is 289 Å². The molecule has 9 aliphatic heterocycles. The number of aliphatic hydroxyl groups excluding tert-OH is 10. The Hall–Kier alpha value is -10.9. The fraction of sp³-hybridized carbons (Fsp3) is 0.412. The maximum atomic E-state index is 16.9. The van der Waals surface area contributed by atoms with Crippen molar-refractivity contribution >= 4 is 70.4 Å². The Bertz CT molecular complexity index is 5260. The van der Waals surface area contributed by atoms with Gasteiger partial charge in [0, 0.05) is 61.2 Å². The summed E-state index contributed by atoms with van der Waals surface area (Å²) in [4.78, 5) is 124. The molecule has 127 heavy (non-hydrogen) atoms. The normalized spacial score (nSPS) is 31.6. The molecule has 0 radical (unpaired) electrons. The van der Waals surface area contributed by atoms with Crippen LogP contribution in [0.2, 0.25) is 10.0 Å². The predicted molar refractivity (Wildman–Crippen MR) is 435 cm³/mol. The Morgan fingerprint density at radius 1 is 0.559 bits per heavy atom. The summed E-state index contributed by atoms with van der Waals surface area (Å²) in [6.45, 7) is 0.118. The topological polar surface area (TPSA) is 625 Å². The average molecular weight is 1810 g/mol. The molecule has 9 heterocycles. The molecule has 6 amide bonds. The van der Waals surface area contributed by atoms with Gasteiger partial charge in [0.15, 0.2) is 36.2 Å². The van der Waals surface area contributed by atoms with Crippen molar-refractivity contribution in [1.29, 1.82) is 0 Å². The molecule has 16 rings (SSSR count). The van der Waals surface area contributed by atoms with Gasteiger partial charge in [-0.3, -0.25) is 33.6 Å². The van der Waals surface area contributed by atoms with E-state index in [9.17, 15) is 80.8 Å². The summed E-state index contributed by atoms with van der Waals surface area (Å²) < 4.78 is 69.9. The van der Waals surface area contributed by atoms with E-state index >= 15 is 24.0 Å². The van der Waals surface area contributed by atoms with Gasteiger partial charge in [-0.05, 0) is 120 Å². The Kier molecular flexibility index (Phi) is 28.3. The highest BCUT2D eigenvalue weighted by molar-refractivity contribution is 6.44. The van der Waals surface area contributed by atoms with Crippen LogP contribution in [0.25, 0.3) is 11.1 Å². The third-order valence-electron chi connectivity index (χ3n) is 22.9. The minimum Gasteiger partial charge on any atom is -0.508 e. The van der Waals surface area contributed by atoms with E-state index in [0.717, 1.165) is 48.5 Å². The van der Waals surface area contributed by atoms with Crippen LogP contribution in [0.15, 0.2) is 133 Å². The molecule has 4 saturated heterocycles. The number of aromatic hydroxyl groups is 2. The molecule has 4 fully saturated rings. The van der Waals surface area contributed by atoms with Crippen LogP contribution in [0.1, 0.15) is 106 Å². The van der Waals surface area contributed by atoms with Crippen molar-refractivity contribution in [2.75, 3.05) is 20.3 Å². The number of carboxylic acid groups (broad SMARTS) is 1. The molecular weight excluding hydrogens is 1720 g/mol. The van der Waals surface area contributed by atoms with Crippen LogP contribution < -0.4 is 62.3 Å². The smallest absolute Gasteiger partial charge is 0.330 e. The Morgan fingerprint density at radius 2 is 1.20 bits per heavy atom. The summed E-state index contributed by atoms with van der Waals surface area (Å²) in [5.74, 6) is -16.1. The monoisotopic (exact) mass is 1810 g/mol. The summed E-state index contributed by atoms with van der Waals surface area (Å²) in [7, 11) is 1.38. The van der Waals surface area contributed by atoms with Gasteiger partial charge in [0.1, 0.15) is 114 Å². The molecule has 23 N–H and O–H groups in total. The van der Waals surface area contributed by atoms with Gasteiger partial charge in [-0.2, -0.15) is 0 Å². The van der Waals surface area contributed by atoms with Crippen molar-refractivity contribution in [3.8, 4) is 57.1 Å². The molecule has 7 aromatic rings. The van der Waals surface area contributed by atoms with Gasteiger partial charge < -0.3 is 162 Å². The lowest BCUT2D eigenvalue weighted by atomic mass is 9.87. The van der Waals surface area contributed by atoms with Crippen LogP contribution in [0.3, 0.4) is 0 Å². The fourth-order valence-electron chi connectivity index (χ4n) is 16.1. The summed E-state index contributed by atoms with van der Waals surface area (Å²) in [6, 6.07) is 11.4. The van der Waals surface area contributed by atoms with Crippen molar-refractivity contribution in [2.24, 2.45) is 11.5 Å². The molecule has 678 valence electrons. The van der Waals surface area contributed by atoms with Crippen LogP contribution in [0.4, 0.5) is 0 Å². The zero-order valence-electron chi connectivity index (χ0n) is 67.4. The van der Waals surface area contributed by atoms with E-state index in [1.807, 2.05) is 0 Å². The first-order valence-electron chi connectivity index (χ1n) is 40.1. The number of phenolic OH excluding ortho intramolecular Hbond substituents is 2. The van der Waals surface area contributed by atoms with E-state index in [0.29, 0.717) is 5.56 Å². The minimum absolute atomic E-state index is 0.159. The van der Waals surface area contributed by atoms with Crippen molar-refractivity contribution < 1.29 is 157 Å². The van der Waals surface area contributed by atoms with Crippen molar-refractivity contribution in [3.63, 3.8) is 0 Å². The number of ether oxygens (including phenoxy) is 11. The Labute approximate surface area is 731 Å². The lowest BCUT2D eigenvalue weighted by molar-refractivity contribution is -0.330. The van der Waals surface area contributed by atoms with Gasteiger partial charge >= 0.3 is 5.97 Å². The number of phenols is 2. The van der Waals surface area contributed by atoms with Crippen LogP contribution in [0, 0.1) is 0 Å². The number of nitrogens with two attached hydrogens (primary N) is 2.